The van der Waals surface area contributed by atoms with E-state index < -0.39 is 24.5 Å². The van der Waals surface area contributed by atoms with Gasteiger partial charge >= 0.3 is 12.0 Å². The number of carbonyl (C=O) groups is 3. The van der Waals surface area contributed by atoms with E-state index in [9.17, 15) is 14.4 Å². The summed E-state index contributed by atoms with van der Waals surface area (Å²) in [6, 6.07) is 4.29. The molecule has 0 heterocycles. The standard InChI is InChI=1S/C13H17N3O4/c1-3-15-13(19)16-10(17)7-20-12(18)9-6-4-5-8(2)11(9)14/h4-6H,3,7,14H2,1-2H3,(H2,15,16,17,19). The Bertz CT molecular complexity index is 528. The molecule has 0 aliphatic heterocycles. The summed E-state index contributed by atoms with van der Waals surface area (Å²) in [6.07, 6.45) is 0. The maximum absolute atomic E-state index is 11.8. The fourth-order valence-corrected chi connectivity index (χ4v) is 1.43. The quantitative estimate of drug-likeness (QED) is 0.551. The van der Waals surface area contributed by atoms with E-state index in [0.717, 1.165) is 5.56 Å². The average Bonchev–Trinajstić information content (AvgIpc) is 2.39. The number of amides is 3. The van der Waals surface area contributed by atoms with E-state index in [1.54, 1.807) is 26.0 Å². The third kappa shape index (κ3) is 4.27. The molecule has 0 fully saturated rings. The Balaban J connectivity index is 2.53. The number of anilines is 1. The van der Waals surface area contributed by atoms with Gasteiger partial charge in [0.2, 0.25) is 0 Å². The van der Waals surface area contributed by atoms with Gasteiger partial charge in [0.25, 0.3) is 5.91 Å². The predicted octanol–water partition coefficient (Wildman–Crippen LogP) is 0.580. The Morgan fingerprint density at radius 3 is 2.65 bits per heavy atom. The zero-order valence-electron chi connectivity index (χ0n) is 11.4. The minimum Gasteiger partial charge on any atom is -0.452 e. The molecule has 0 saturated carbocycles. The number of para-hydroxylation sites is 1. The second-order valence-corrected chi connectivity index (χ2v) is 4.02. The fourth-order valence-electron chi connectivity index (χ4n) is 1.43. The van der Waals surface area contributed by atoms with E-state index in [1.807, 2.05) is 5.32 Å². The first-order valence-corrected chi connectivity index (χ1v) is 6.05. The second-order valence-electron chi connectivity index (χ2n) is 4.02. The highest BCUT2D eigenvalue weighted by atomic mass is 16.5. The van der Waals surface area contributed by atoms with Gasteiger partial charge in [0.1, 0.15) is 0 Å². The fraction of sp³-hybridized carbons (Fsp3) is 0.308. The van der Waals surface area contributed by atoms with Crippen molar-refractivity contribution in [3.63, 3.8) is 0 Å². The minimum absolute atomic E-state index is 0.191. The summed E-state index contributed by atoms with van der Waals surface area (Å²) >= 11 is 0. The van der Waals surface area contributed by atoms with Crippen molar-refractivity contribution in [3.05, 3.63) is 29.3 Å². The van der Waals surface area contributed by atoms with Gasteiger partial charge < -0.3 is 15.8 Å². The number of urea groups is 1. The van der Waals surface area contributed by atoms with Gasteiger partial charge in [0, 0.05) is 12.2 Å². The lowest BCUT2D eigenvalue weighted by molar-refractivity contribution is -0.123. The number of nitrogens with two attached hydrogens (primary N) is 1. The molecule has 7 nitrogen and oxygen atoms in total. The van der Waals surface area contributed by atoms with Crippen LogP contribution in [-0.2, 0) is 9.53 Å². The Hall–Kier alpha value is -2.57. The summed E-state index contributed by atoms with van der Waals surface area (Å²) in [4.78, 5) is 34.1. The summed E-state index contributed by atoms with van der Waals surface area (Å²) in [5.74, 6) is -1.42. The number of imide groups is 1. The van der Waals surface area contributed by atoms with Crippen molar-refractivity contribution in [1.82, 2.24) is 10.6 Å². The number of carbonyl (C=O) groups excluding carboxylic acids is 3. The zero-order chi connectivity index (χ0) is 15.1. The number of hydrogen-bond donors (Lipinski definition) is 3. The summed E-state index contributed by atoms with van der Waals surface area (Å²) in [5.41, 5.74) is 6.98. The number of aryl methyl sites for hydroxylation is 1. The molecular formula is C13H17N3O4. The molecule has 108 valence electrons. The number of ether oxygens (including phenoxy) is 1. The molecule has 0 aliphatic rings. The molecule has 3 amide bonds. The smallest absolute Gasteiger partial charge is 0.340 e. The van der Waals surface area contributed by atoms with Crippen molar-refractivity contribution in [1.29, 1.82) is 0 Å². The van der Waals surface area contributed by atoms with E-state index >= 15 is 0 Å². The largest absolute Gasteiger partial charge is 0.452 e. The van der Waals surface area contributed by atoms with Crippen LogP contribution in [0.4, 0.5) is 10.5 Å². The van der Waals surface area contributed by atoms with Crippen LogP contribution in [0.25, 0.3) is 0 Å². The van der Waals surface area contributed by atoms with Crippen LogP contribution in [0.1, 0.15) is 22.8 Å². The minimum atomic E-state index is -0.712. The van der Waals surface area contributed by atoms with Crippen molar-refractivity contribution in [2.45, 2.75) is 13.8 Å². The van der Waals surface area contributed by atoms with Crippen molar-refractivity contribution in [3.8, 4) is 0 Å². The highest BCUT2D eigenvalue weighted by Crippen LogP contribution is 2.17. The number of rotatable bonds is 4. The molecule has 0 bridgehead atoms. The monoisotopic (exact) mass is 279 g/mol. The first-order chi connectivity index (χ1) is 9.45. The summed E-state index contributed by atoms with van der Waals surface area (Å²) < 4.78 is 4.79. The van der Waals surface area contributed by atoms with Gasteiger partial charge in [-0.3, -0.25) is 10.1 Å². The van der Waals surface area contributed by atoms with Gasteiger partial charge in [0.05, 0.1) is 5.56 Å². The maximum atomic E-state index is 11.8. The first-order valence-electron chi connectivity index (χ1n) is 6.05. The molecule has 0 spiro atoms. The van der Waals surface area contributed by atoms with Gasteiger partial charge in [-0.25, -0.2) is 9.59 Å². The molecule has 1 aromatic carbocycles. The topological polar surface area (TPSA) is 111 Å². The lowest BCUT2D eigenvalue weighted by atomic mass is 10.1. The number of nitrogen functional groups attached to an aromatic ring is 1. The van der Waals surface area contributed by atoms with Crippen molar-refractivity contribution in [2.75, 3.05) is 18.9 Å². The third-order valence-corrected chi connectivity index (χ3v) is 2.47. The molecule has 4 N–H and O–H groups in total. The Morgan fingerprint density at radius 2 is 2.00 bits per heavy atom. The Kier molecular flexibility index (Phi) is 5.52. The number of nitrogens with one attached hydrogen (secondary N) is 2. The number of hydrogen-bond acceptors (Lipinski definition) is 5. The van der Waals surface area contributed by atoms with Crippen LogP contribution in [0.5, 0.6) is 0 Å². The van der Waals surface area contributed by atoms with Crippen molar-refractivity contribution < 1.29 is 19.1 Å². The van der Waals surface area contributed by atoms with Gasteiger partial charge in [-0.15, -0.1) is 0 Å². The first kappa shape index (κ1) is 15.5. The molecule has 0 aliphatic carbocycles. The van der Waals surface area contributed by atoms with E-state index in [2.05, 4.69) is 5.32 Å². The average molecular weight is 279 g/mol. The number of benzene rings is 1. The highest BCUT2D eigenvalue weighted by molar-refractivity contribution is 5.99. The van der Waals surface area contributed by atoms with Crippen LogP contribution >= 0.6 is 0 Å². The van der Waals surface area contributed by atoms with E-state index in [-0.39, 0.29) is 5.56 Å². The molecular weight excluding hydrogens is 262 g/mol. The van der Waals surface area contributed by atoms with Gasteiger partial charge in [-0.2, -0.15) is 0 Å². The van der Waals surface area contributed by atoms with Crippen LogP contribution in [0.15, 0.2) is 18.2 Å². The normalized spacial score (nSPS) is 9.70. The van der Waals surface area contributed by atoms with E-state index in [0.29, 0.717) is 12.2 Å². The van der Waals surface area contributed by atoms with E-state index in [4.69, 9.17) is 10.5 Å². The molecule has 1 aromatic rings. The molecule has 0 atom stereocenters. The molecule has 20 heavy (non-hydrogen) atoms. The number of esters is 1. The third-order valence-electron chi connectivity index (χ3n) is 2.47. The molecule has 0 saturated heterocycles. The van der Waals surface area contributed by atoms with Gasteiger partial charge in [0.15, 0.2) is 6.61 Å². The van der Waals surface area contributed by atoms with Gasteiger partial charge in [-0.05, 0) is 25.5 Å². The van der Waals surface area contributed by atoms with Crippen molar-refractivity contribution >= 4 is 23.6 Å². The summed E-state index contributed by atoms with van der Waals surface area (Å²) in [5, 5.41) is 4.40. The van der Waals surface area contributed by atoms with Crippen LogP contribution in [0, 0.1) is 6.92 Å². The lowest BCUT2D eigenvalue weighted by Crippen LogP contribution is -2.41. The second kappa shape index (κ2) is 7.13. The zero-order valence-corrected chi connectivity index (χ0v) is 11.4. The maximum Gasteiger partial charge on any atom is 0.340 e. The van der Waals surface area contributed by atoms with Crippen LogP contribution < -0.4 is 16.4 Å². The Morgan fingerprint density at radius 1 is 1.30 bits per heavy atom. The van der Waals surface area contributed by atoms with E-state index in [1.165, 1.54) is 6.07 Å². The Labute approximate surface area is 116 Å². The highest BCUT2D eigenvalue weighted by Gasteiger charge is 2.15. The van der Waals surface area contributed by atoms with Crippen molar-refractivity contribution in [2.24, 2.45) is 0 Å². The lowest BCUT2D eigenvalue weighted by Gasteiger charge is -2.08. The van der Waals surface area contributed by atoms with Gasteiger partial charge in [-0.1, -0.05) is 12.1 Å². The molecule has 0 radical (unpaired) electrons. The summed E-state index contributed by atoms with van der Waals surface area (Å²) in [7, 11) is 0. The van der Waals surface area contributed by atoms with Crippen LogP contribution in [0.3, 0.4) is 0 Å². The van der Waals surface area contributed by atoms with Crippen LogP contribution in [-0.4, -0.2) is 31.1 Å². The molecule has 0 unspecified atom stereocenters. The predicted molar refractivity (Wildman–Crippen MR) is 73.1 cm³/mol. The molecule has 7 heteroatoms. The van der Waals surface area contributed by atoms with Crippen LogP contribution in [0.2, 0.25) is 0 Å². The SMILES string of the molecule is CCNC(=O)NC(=O)COC(=O)c1cccc(C)c1N. The molecule has 0 aromatic heterocycles. The molecule has 1 rings (SSSR count). The summed E-state index contributed by atoms with van der Waals surface area (Å²) in [6.45, 7) is 3.31.